The Kier molecular flexibility index (Phi) is 5.39. The molecule has 2 aliphatic rings. The van der Waals surface area contributed by atoms with Crippen LogP contribution < -0.4 is 0 Å². The molecule has 0 aromatic carbocycles. The molecule has 0 radical (unpaired) electrons. The molecule has 0 aliphatic carbocycles. The van der Waals surface area contributed by atoms with Crippen molar-refractivity contribution in [1.29, 1.82) is 0 Å². The Morgan fingerprint density at radius 1 is 0.909 bits per heavy atom. The van der Waals surface area contributed by atoms with E-state index in [-0.39, 0.29) is 6.61 Å². The lowest BCUT2D eigenvalue weighted by Crippen LogP contribution is -2.75. The maximum absolute atomic E-state index is 10.7. The van der Waals surface area contributed by atoms with Crippen molar-refractivity contribution in [3.63, 3.8) is 0 Å². The minimum Gasteiger partial charge on any atom is -0.394 e. The molecule has 130 valence electrons. The molecule has 8 N–H and O–H groups in total. The van der Waals surface area contributed by atoms with E-state index in [9.17, 15) is 35.7 Å². The van der Waals surface area contributed by atoms with Gasteiger partial charge in [0.25, 0.3) is 0 Å². The van der Waals surface area contributed by atoms with Gasteiger partial charge in [0.1, 0.15) is 54.4 Å². The van der Waals surface area contributed by atoms with Crippen LogP contribution in [0.2, 0.25) is 0 Å². The predicted octanol–water partition coefficient (Wildman–Crippen LogP) is -5.33. The van der Waals surface area contributed by atoms with Crippen LogP contribution in [0.5, 0.6) is 0 Å². The van der Waals surface area contributed by atoms with Crippen LogP contribution in [0, 0.1) is 0 Å². The van der Waals surface area contributed by atoms with Crippen molar-refractivity contribution in [2.24, 2.45) is 0 Å². The highest BCUT2D eigenvalue weighted by Crippen LogP contribution is 2.37. The van der Waals surface area contributed by atoms with Crippen LogP contribution in [-0.2, 0) is 9.47 Å². The van der Waals surface area contributed by atoms with Gasteiger partial charge in [-0.3, -0.25) is 0 Å². The first kappa shape index (κ1) is 17.9. The van der Waals surface area contributed by atoms with E-state index in [4.69, 9.17) is 14.6 Å². The standard InChI is InChI=1S/C12H22O10/c13-1-5-7(16)8(17)9(18)11(22-5)12(20)6(2-14)21-3-4(15)10(12)19/h4-11,13-20H,1-3H2/t4-,5+,6+,7-,8-,9+,10+,11+,12+/m0/s1. The van der Waals surface area contributed by atoms with Gasteiger partial charge in [0.15, 0.2) is 0 Å². The lowest BCUT2D eigenvalue weighted by molar-refractivity contribution is -0.333. The number of rotatable bonds is 3. The maximum atomic E-state index is 10.7. The van der Waals surface area contributed by atoms with Crippen molar-refractivity contribution in [3.05, 3.63) is 0 Å². The van der Waals surface area contributed by atoms with E-state index in [1.54, 1.807) is 0 Å². The molecule has 0 amide bonds. The largest absolute Gasteiger partial charge is 0.394 e. The number of hydrogen-bond acceptors (Lipinski definition) is 10. The Bertz CT molecular complexity index is 375. The third kappa shape index (κ3) is 2.65. The molecule has 0 saturated carbocycles. The summed E-state index contributed by atoms with van der Waals surface area (Å²) in [6.45, 7) is -1.83. The summed E-state index contributed by atoms with van der Waals surface area (Å²) in [4.78, 5) is 0. The van der Waals surface area contributed by atoms with Gasteiger partial charge in [-0.25, -0.2) is 0 Å². The zero-order chi connectivity index (χ0) is 16.7. The van der Waals surface area contributed by atoms with E-state index in [0.29, 0.717) is 0 Å². The molecule has 0 unspecified atom stereocenters. The lowest BCUT2D eigenvalue weighted by Gasteiger charge is -2.53. The molecule has 2 rings (SSSR count). The molecular weight excluding hydrogens is 304 g/mol. The summed E-state index contributed by atoms with van der Waals surface area (Å²) in [6, 6.07) is 0. The number of ether oxygens (including phenoxy) is 2. The van der Waals surface area contributed by atoms with Crippen LogP contribution in [0.3, 0.4) is 0 Å². The van der Waals surface area contributed by atoms with Crippen molar-refractivity contribution in [3.8, 4) is 0 Å². The van der Waals surface area contributed by atoms with Gasteiger partial charge >= 0.3 is 0 Å². The van der Waals surface area contributed by atoms with Gasteiger partial charge in [-0.05, 0) is 0 Å². The van der Waals surface area contributed by atoms with Crippen LogP contribution in [-0.4, -0.2) is 115 Å². The van der Waals surface area contributed by atoms with E-state index in [2.05, 4.69) is 0 Å². The summed E-state index contributed by atoms with van der Waals surface area (Å²) in [6.07, 6.45) is -13.1. The SMILES string of the molecule is OC[C@H]1O[C@@H]([C@]2(O)[C@H](O)[C@@H](O)CO[C@@H]2CO)[C@H](O)[C@@H](O)[C@H]1O. The van der Waals surface area contributed by atoms with Crippen molar-refractivity contribution in [1.82, 2.24) is 0 Å². The monoisotopic (exact) mass is 326 g/mol. The van der Waals surface area contributed by atoms with Crippen molar-refractivity contribution in [2.45, 2.75) is 54.4 Å². The van der Waals surface area contributed by atoms with E-state index in [0.717, 1.165) is 0 Å². The Morgan fingerprint density at radius 2 is 1.55 bits per heavy atom. The van der Waals surface area contributed by atoms with Crippen molar-refractivity contribution >= 4 is 0 Å². The van der Waals surface area contributed by atoms with Gasteiger partial charge in [0.05, 0.1) is 19.8 Å². The summed E-state index contributed by atoms with van der Waals surface area (Å²) in [5, 5.41) is 78.5. The second kappa shape index (κ2) is 6.61. The summed E-state index contributed by atoms with van der Waals surface area (Å²) >= 11 is 0. The molecule has 0 aromatic rings. The fraction of sp³-hybridized carbons (Fsp3) is 1.00. The second-order valence-corrected chi connectivity index (χ2v) is 5.65. The Hall–Kier alpha value is -0.400. The Morgan fingerprint density at radius 3 is 2.09 bits per heavy atom. The first-order chi connectivity index (χ1) is 10.3. The molecule has 2 heterocycles. The topological polar surface area (TPSA) is 180 Å². The highest BCUT2D eigenvalue weighted by molar-refractivity contribution is 5.11. The maximum Gasteiger partial charge on any atom is 0.150 e. The third-order valence-electron chi connectivity index (χ3n) is 4.34. The average molecular weight is 326 g/mol. The van der Waals surface area contributed by atoms with Crippen LogP contribution >= 0.6 is 0 Å². The quantitative estimate of drug-likeness (QED) is 0.249. The smallest absolute Gasteiger partial charge is 0.150 e. The normalized spacial score (nSPS) is 53.5. The highest BCUT2D eigenvalue weighted by Gasteiger charge is 2.62. The third-order valence-corrected chi connectivity index (χ3v) is 4.34. The van der Waals surface area contributed by atoms with Gasteiger partial charge in [-0.2, -0.15) is 0 Å². The van der Waals surface area contributed by atoms with Crippen LogP contribution in [0.1, 0.15) is 0 Å². The van der Waals surface area contributed by atoms with E-state index in [1.807, 2.05) is 0 Å². The fourth-order valence-corrected chi connectivity index (χ4v) is 2.97. The average Bonchev–Trinajstić information content (AvgIpc) is 2.51. The number of hydrogen-bond donors (Lipinski definition) is 8. The van der Waals surface area contributed by atoms with Crippen molar-refractivity contribution in [2.75, 3.05) is 19.8 Å². The molecule has 9 atom stereocenters. The molecular formula is C12H22O10. The van der Waals surface area contributed by atoms with Gasteiger partial charge < -0.3 is 50.3 Å². The molecule has 0 spiro atoms. The highest BCUT2D eigenvalue weighted by atomic mass is 16.6. The summed E-state index contributed by atoms with van der Waals surface area (Å²) < 4.78 is 10.3. The predicted molar refractivity (Wildman–Crippen MR) is 67.6 cm³/mol. The molecule has 0 aromatic heterocycles. The zero-order valence-corrected chi connectivity index (χ0v) is 11.6. The van der Waals surface area contributed by atoms with E-state index < -0.39 is 67.6 Å². The summed E-state index contributed by atoms with van der Waals surface area (Å²) in [5.74, 6) is 0. The molecule has 10 heteroatoms. The van der Waals surface area contributed by atoms with Gasteiger partial charge in [-0.15, -0.1) is 0 Å². The first-order valence-electron chi connectivity index (χ1n) is 6.90. The van der Waals surface area contributed by atoms with Gasteiger partial charge in [0, 0.05) is 0 Å². The van der Waals surface area contributed by atoms with Crippen LogP contribution in [0.25, 0.3) is 0 Å². The molecule has 22 heavy (non-hydrogen) atoms. The lowest BCUT2D eigenvalue weighted by atomic mass is 9.75. The van der Waals surface area contributed by atoms with Crippen molar-refractivity contribution < 1.29 is 50.3 Å². The van der Waals surface area contributed by atoms with Gasteiger partial charge in [-0.1, -0.05) is 0 Å². The molecule has 2 fully saturated rings. The molecule has 2 saturated heterocycles. The minimum atomic E-state index is -2.46. The molecule has 0 bridgehead atoms. The number of aliphatic hydroxyl groups is 8. The summed E-state index contributed by atoms with van der Waals surface area (Å²) in [7, 11) is 0. The Balaban J connectivity index is 2.36. The molecule has 2 aliphatic heterocycles. The fourth-order valence-electron chi connectivity index (χ4n) is 2.97. The Labute approximate surface area is 125 Å². The number of aliphatic hydroxyl groups excluding tert-OH is 7. The second-order valence-electron chi connectivity index (χ2n) is 5.65. The summed E-state index contributed by atoms with van der Waals surface area (Å²) in [5.41, 5.74) is -2.46. The van der Waals surface area contributed by atoms with E-state index in [1.165, 1.54) is 0 Å². The van der Waals surface area contributed by atoms with E-state index >= 15 is 0 Å². The van der Waals surface area contributed by atoms with Crippen LogP contribution in [0.15, 0.2) is 0 Å². The first-order valence-corrected chi connectivity index (χ1v) is 6.90. The van der Waals surface area contributed by atoms with Gasteiger partial charge in [0.2, 0.25) is 0 Å². The zero-order valence-electron chi connectivity index (χ0n) is 11.6. The minimum absolute atomic E-state index is 0.355. The van der Waals surface area contributed by atoms with Crippen LogP contribution in [0.4, 0.5) is 0 Å². The molecule has 10 nitrogen and oxygen atoms in total.